The summed E-state index contributed by atoms with van der Waals surface area (Å²) in [7, 11) is 0. The highest BCUT2D eigenvalue weighted by molar-refractivity contribution is 5.91. The molecule has 2 fully saturated rings. The Labute approximate surface area is 140 Å². The van der Waals surface area contributed by atoms with Crippen LogP contribution in [0.2, 0.25) is 0 Å². The maximum absolute atomic E-state index is 11.8. The minimum atomic E-state index is 0.358. The van der Waals surface area contributed by atoms with Gasteiger partial charge in [-0.3, -0.25) is 4.79 Å². The molecule has 0 radical (unpaired) electrons. The van der Waals surface area contributed by atoms with E-state index in [0.717, 1.165) is 43.4 Å². The molecule has 0 aliphatic heterocycles. The van der Waals surface area contributed by atoms with Crippen molar-refractivity contribution in [3.05, 3.63) is 35.5 Å². The van der Waals surface area contributed by atoms with Crippen molar-refractivity contribution in [2.45, 2.75) is 65.2 Å². The molecule has 4 rings (SSSR count). The molecule has 0 bridgehead atoms. The smallest absolute Gasteiger partial charge is 0.155 e. The van der Waals surface area contributed by atoms with Crippen LogP contribution in [0, 0.1) is 29.1 Å². The third-order valence-electron chi connectivity index (χ3n) is 7.67. The molecule has 0 spiro atoms. The summed E-state index contributed by atoms with van der Waals surface area (Å²) in [4.78, 5) is 11.8. The van der Waals surface area contributed by atoms with Crippen molar-refractivity contribution < 1.29 is 4.79 Å². The van der Waals surface area contributed by atoms with E-state index < -0.39 is 0 Å². The molecule has 0 heterocycles. The molecule has 1 heteroatoms. The van der Waals surface area contributed by atoms with Crippen molar-refractivity contribution >= 4 is 5.78 Å². The second-order valence-corrected chi connectivity index (χ2v) is 8.58. The summed E-state index contributed by atoms with van der Waals surface area (Å²) in [6.45, 7) is 9.21. The van der Waals surface area contributed by atoms with Crippen LogP contribution in [0.5, 0.6) is 0 Å². The maximum Gasteiger partial charge on any atom is 0.155 e. The van der Waals surface area contributed by atoms with E-state index in [-0.39, 0.29) is 0 Å². The van der Waals surface area contributed by atoms with Crippen molar-refractivity contribution in [2.24, 2.45) is 29.1 Å². The number of hydrogen-bond donors (Lipinski definition) is 0. The fraction of sp³-hybridized carbons (Fsp3) is 0.682. The van der Waals surface area contributed by atoms with Gasteiger partial charge in [-0.1, -0.05) is 43.2 Å². The van der Waals surface area contributed by atoms with Crippen molar-refractivity contribution in [1.29, 1.82) is 0 Å². The molecule has 4 aliphatic carbocycles. The van der Waals surface area contributed by atoms with E-state index in [2.05, 4.69) is 26.5 Å². The van der Waals surface area contributed by atoms with Crippen LogP contribution in [0.3, 0.4) is 0 Å². The topological polar surface area (TPSA) is 17.1 Å². The van der Waals surface area contributed by atoms with Gasteiger partial charge in [-0.15, -0.1) is 0 Å². The van der Waals surface area contributed by atoms with Gasteiger partial charge in [0.05, 0.1) is 0 Å². The molecule has 1 nitrogen and oxygen atoms in total. The Hall–Kier alpha value is -1.11. The lowest BCUT2D eigenvalue weighted by molar-refractivity contribution is -0.115. The molecule has 4 aliphatic rings. The Morgan fingerprint density at radius 1 is 1.26 bits per heavy atom. The largest absolute Gasteiger partial charge is 0.295 e. The molecule has 0 N–H and O–H groups in total. The van der Waals surface area contributed by atoms with E-state index in [0.29, 0.717) is 17.1 Å². The molecule has 0 saturated heterocycles. The summed E-state index contributed by atoms with van der Waals surface area (Å²) in [6, 6.07) is 0. The normalized spacial score (nSPS) is 42.3. The van der Waals surface area contributed by atoms with Gasteiger partial charge in [0, 0.05) is 12.3 Å². The number of carbonyl (C=O) groups is 1. The van der Waals surface area contributed by atoms with Gasteiger partial charge < -0.3 is 0 Å². The van der Waals surface area contributed by atoms with Crippen LogP contribution in [-0.4, -0.2) is 5.78 Å². The lowest BCUT2D eigenvalue weighted by Crippen LogP contribution is -2.41. The van der Waals surface area contributed by atoms with Crippen LogP contribution < -0.4 is 0 Å². The summed E-state index contributed by atoms with van der Waals surface area (Å²) < 4.78 is 0. The van der Waals surface area contributed by atoms with Crippen LogP contribution in [0.1, 0.15) is 65.2 Å². The van der Waals surface area contributed by atoms with Crippen molar-refractivity contribution in [3.63, 3.8) is 0 Å². The second kappa shape index (κ2) is 5.46. The molecule has 23 heavy (non-hydrogen) atoms. The molecule has 0 aromatic heterocycles. The Bertz CT molecular complexity index is 607. The first-order valence-electron chi connectivity index (χ1n) is 9.65. The SMILES string of the molecule is C=C(CC)[C@H]1CC[C@H]2[C@@H]3CCC4=CC(=O)CC[C@@H]4C3=CC[C@]12C. The second-order valence-electron chi connectivity index (χ2n) is 8.58. The Morgan fingerprint density at radius 2 is 2.09 bits per heavy atom. The highest BCUT2D eigenvalue weighted by Crippen LogP contribution is 2.62. The summed E-state index contributed by atoms with van der Waals surface area (Å²) in [5, 5.41) is 0. The summed E-state index contributed by atoms with van der Waals surface area (Å²) in [5.74, 6) is 3.30. The molecule has 5 atom stereocenters. The third-order valence-corrected chi connectivity index (χ3v) is 7.67. The van der Waals surface area contributed by atoms with Crippen LogP contribution in [0.25, 0.3) is 0 Å². The van der Waals surface area contributed by atoms with Crippen molar-refractivity contribution in [2.75, 3.05) is 0 Å². The monoisotopic (exact) mass is 310 g/mol. The average Bonchev–Trinajstić information content (AvgIpc) is 2.90. The van der Waals surface area contributed by atoms with Gasteiger partial charge in [0.25, 0.3) is 0 Å². The number of rotatable bonds is 2. The molecular formula is C22H30O. The van der Waals surface area contributed by atoms with Crippen LogP contribution in [0.15, 0.2) is 35.5 Å². The number of hydrogen-bond acceptors (Lipinski definition) is 1. The average molecular weight is 310 g/mol. The molecule has 0 aromatic carbocycles. The number of ketones is 1. The van der Waals surface area contributed by atoms with E-state index >= 15 is 0 Å². The molecule has 0 amide bonds. The quantitative estimate of drug-likeness (QED) is 0.604. The first kappa shape index (κ1) is 15.4. The highest BCUT2D eigenvalue weighted by atomic mass is 16.1. The van der Waals surface area contributed by atoms with Gasteiger partial charge in [-0.25, -0.2) is 0 Å². The van der Waals surface area contributed by atoms with E-state index in [9.17, 15) is 4.79 Å². The van der Waals surface area contributed by atoms with Crippen LogP contribution in [0.4, 0.5) is 0 Å². The summed E-state index contributed by atoms with van der Waals surface area (Å²) in [6.07, 6.45) is 13.9. The van der Waals surface area contributed by atoms with Gasteiger partial charge in [0.15, 0.2) is 5.78 Å². The highest BCUT2D eigenvalue weighted by Gasteiger charge is 2.53. The van der Waals surface area contributed by atoms with Crippen LogP contribution >= 0.6 is 0 Å². The number of carbonyl (C=O) groups excluding carboxylic acids is 1. The molecule has 0 unspecified atom stereocenters. The van der Waals surface area contributed by atoms with E-state index in [4.69, 9.17) is 0 Å². The minimum absolute atomic E-state index is 0.358. The predicted octanol–water partition coefficient (Wildman–Crippen LogP) is 5.63. The molecule has 124 valence electrons. The lowest BCUT2D eigenvalue weighted by atomic mass is 9.55. The summed E-state index contributed by atoms with van der Waals surface area (Å²) >= 11 is 0. The van der Waals surface area contributed by atoms with E-state index in [1.165, 1.54) is 36.8 Å². The Kier molecular flexibility index (Phi) is 3.66. The minimum Gasteiger partial charge on any atom is -0.295 e. The third kappa shape index (κ3) is 2.22. The van der Waals surface area contributed by atoms with Gasteiger partial charge in [0.2, 0.25) is 0 Å². The van der Waals surface area contributed by atoms with Crippen LogP contribution in [-0.2, 0) is 4.79 Å². The first-order chi connectivity index (χ1) is 11.0. The maximum atomic E-state index is 11.8. The fourth-order valence-electron chi connectivity index (χ4n) is 6.43. The zero-order chi connectivity index (χ0) is 16.2. The predicted molar refractivity (Wildman–Crippen MR) is 95.0 cm³/mol. The molecular weight excluding hydrogens is 280 g/mol. The zero-order valence-corrected chi connectivity index (χ0v) is 14.7. The van der Waals surface area contributed by atoms with Gasteiger partial charge in [-0.2, -0.15) is 0 Å². The van der Waals surface area contributed by atoms with Gasteiger partial charge in [-0.05, 0) is 74.2 Å². The zero-order valence-electron chi connectivity index (χ0n) is 14.7. The van der Waals surface area contributed by atoms with E-state index in [1.54, 1.807) is 5.57 Å². The van der Waals surface area contributed by atoms with Gasteiger partial charge >= 0.3 is 0 Å². The summed E-state index contributed by atoms with van der Waals surface area (Å²) in [5.41, 5.74) is 5.07. The van der Waals surface area contributed by atoms with Crippen molar-refractivity contribution in [3.8, 4) is 0 Å². The van der Waals surface area contributed by atoms with Crippen molar-refractivity contribution in [1.82, 2.24) is 0 Å². The van der Waals surface area contributed by atoms with Gasteiger partial charge in [0.1, 0.15) is 0 Å². The Balaban J connectivity index is 1.66. The number of allylic oxidation sites excluding steroid dienone is 5. The van der Waals surface area contributed by atoms with E-state index in [1.807, 2.05) is 6.08 Å². The standard InChI is InChI=1S/C22H30O/c1-4-14(2)20-9-10-21-19-7-5-15-13-16(23)6-8-17(15)18(19)11-12-22(20,21)3/h11,13,17,19-21H,2,4-10,12H2,1,3H3/t17-,19+,20+,21-,22+/m0/s1. The molecule has 2 saturated carbocycles. The number of fused-ring (bicyclic) bond motifs is 5. The lowest BCUT2D eigenvalue weighted by Gasteiger charge is -2.49. The fourth-order valence-corrected chi connectivity index (χ4v) is 6.43. The Morgan fingerprint density at radius 3 is 2.87 bits per heavy atom. The first-order valence-corrected chi connectivity index (χ1v) is 9.65. The molecule has 0 aromatic rings.